The Labute approximate surface area is 106 Å². The van der Waals surface area contributed by atoms with E-state index in [2.05, 4.69) is 4.84 Å². The number of hydrogen-bond acceptors (Lipinski definition) is 5. The number of rotatable bonds is 9. The van der Waals surface area contributed by atoms with Gasteiger partial charge in [0.2, 0.25) is 0 Å². The summed E-state index contributed by atoms with van der Waals surface area (Å²) in [6.45, 7) is 0.795. The SMILES string of the molecule is NOCC(COCc1ccccc1)OC[P+](=O)O. The molecule has 18 heavy (non-hydrogen) atoms. The fraction of sp³-hybridized carbons (Fsp3) is 0.455. The summed E-state index contributed by atoms with van der Waals surface area (Å²) >= 11 is 0. The van der Waals surface area contributed by atoms with E-state index >= 15 is 0 Å². The molecule has 0 amide bonds. The molecule has 2 unspecified atom stereocenters. The van der Waals surface area contributed by atoms with Crippen LogP contribution < -0.4 is 5.90 Å². The summed E-state index contributed by atoms with van der Waals surface area (Å²) in [5.74, 6) is 4.95. The van der Waals surface area contributed by atoms with Gasteiger partial charge in [-0.1, -0.05) is 30.3 Å². The van der Waals surface area contributed by atoms with Crippen LogP contribution in [0.2, 0.25) is 0 Å². The molecule has 0 aromatic heterocycles. The second-order valence-electron chi connectivity index (χ2n) is 3.60. The van der Waals surface area contributed by atoms with Crippen LogP contribution in [0.3, 0.4) is 0 Å². The minimum atomic E-state index is -2.33. The smallest absolute Gasteiger partial charge is 0.374 e. The van der Waals surface area contributed by atoms with E-state index in [0.29, 0.717) is 6.61 Å². The number of hydrogen-bond donors (Lipinski definition) is 2. The van der Waals surface area contributed by atoms with Crippen molar-refractivity contribution in [2.45, 2.75) is 12.7 Å². The number of benzene rings is 1. The first-order chi connectivity index (χ1) is 8.72. The van der Waals surface area contributed by atoms with E-state index in [9.17, 15) is 4.57 Å². The summed E-state index contributed by atoms with van der Waals surface area (Å²) in [6, 6.07) is 9.66. The minimum Gasteiger partial charge on any atom is -0.374 e. The Bertz CT molecular complexity index is 349. The Morgan fingerprint density at radius 1 is 1.28 bits per heavy atom. The molecule has 3 N–H and O–H groups in total. The van der Waals surface area contributed by atoms with Gasteiger partial charge in [0.05, 0.1) is 19.8 Å². The van der Waals surface area contributed by atoms with Gasteiger partial charge in [0, 0.05) is 0 Å². The summed E-state index contributed by atoms with van der Waals surface area (Å²) in [5.41, 5.74) is 1.04. The van der Waals surface area contributed by atoms with E-state index in [-0.39, 0.29) is 19.6 Å². The summed E-state index contributed by atoms with van der Waals surface area (Å²) < 4.78 is 21.1. The van der Waals surface area contributed by atoms with Crippen molar-refractivity contribution in [2.24, 2.45) is 5.90 Å². The van der Waals surface area contributed by atoms with Crippen molar-refractivity contribution >= 4 is 8.03 Å². The lowest BCUT2D eigenvalue weighted by Gasteiger charge is -2.13. The van der Waals surface area contributed by atoms with Gasteiger partial charge in [-0.2, -0.15) is 4.89 Å². The molecule has 2 atom stereocenters. The van der Waals surface area contributed by atoms with Crippen LogP contribution in [0.25, 0.3) is 0 Å². The van der Waals surface area contributed by atoms with E-state index < -0.39 is 14.1 Å². The third-order valence-corrected chi connectivity index (χ3v) is 2.49. The molecule has 0 bridgehead atoms. The van der Waals surface area contributed by atoms with Gasteiger partial charge in [-0.05, 0) is 10.1 Å². The molecule has 0 aliphatic rings. The van der Waals surface area contributed by atoms with Gasteiger partial charge in [0.15, 0.2) is 0 Å². The molecule has 100 valence electrons. The van der Waals surface area contributed by atoms with E-state index in [4.69, 9.17) is 20.3 Å². The zero-order valence-electron chi connectivity index (χ0n) is 9.90. The molecule has 0 saturated heterocycles. The predicted octanol–water partition coefficient (Wildman–Crippen LogP) is 1.17. The van der Waals surface area contributed by atoms with Crippen LogP contribution in [0, 0.1) is 0 Å². The third kappa shape index (κ3) is 6.76. The third-order valence-electron chi connectivity index (χ3n) is 2.12. The van der Waals surface area contributed by atoms with Crippen molar-refractivity contribution < 1.29 is 23.8 Å². The molecular weight excluding hydrogens is 257 g/mol. The van der Waals surface area contributed by atoms with Crippen LogP contribution in [0.5, 0.6) is 0 Å². The van der Waals surface area contributed by atoms with Gasteiger partial charge < -0.3 is 14.3 Å². The first-order valence-electron chi connectivity index (χ1n) is 5.41. The summed E-state index contributed by atoms with van der Waals surface area (Å²) in [4.78, 5) is 13.1. The second kappa shape index (κ2) is 9.10. The average Bonchev–Trinajstić information content (AvgIpc) is 2.37. The van der Waals surface area contributed by atoms with E-state index in [0.717, 1.165) is 5.56 Å². The molecule has 0 aliphatic carbocycles. The Balaban J connectivity index is 2.26. The quantitative estimate of drug-likeness (QED) is 0.519. The van der Waals surface area contributed by atoms with Crippen LogP contribution in [-0.2, 0) is 25.5 Å². The summed E-state index contributed by atoms with van der Waals surface area (Å²) in [6.07, 6.45) is -0.706. The Morgan fingerprint density at radius 2 is 2.00 bits per heavy atom. The lowest BCUT2D eigenvalue weighted by atomic mass is 10.2. The Morgan fingerprint density at radius 3 is 2.61 bits per heavy atom. The molecule has 0 radical (unpaired) electrons. The van der Waals surface area contributed by atoms with Gasteiger partial charge in [-0.3, -0.25) is 0 Å². The van der Waals surface area contributed by atoms with Gasteiger partial charge >= 0.3 is 8.03 Å². The molecular formula is C11H17NO5P+. The minimum absolute atomic E-state index is 0.109. The first kappa shape index (κ1) is 15.2. The maximum atomic E-state index is 10.5. The highest BCUT2D eigenvalue weighted by Gasteiger charge is 2.17. The molecule has 0 spiro atoms. The van der Waals surface area contributed by atoms with Crippen LogP contribution >= 0.6 is 8.03 Å². The topological polar surface area (TPSA) is 91.0 Å². The van der Waals surface area contributed by atoms with Gasteiger partial charge in [-0.15, -0.1) is 0 Å². The highest BCUT2D eigenvalue weighted by molar-refractivity contribution is 7.37. The van der Waals surface area contributed by atoms with Crippen molar-refractivity contribution in [3.05, 3.63) is 35.9 Å². The largest absolute Gasteiger partial charge is 0.534 e. The van der Waals surface area contributed by atoms with Crippen molar-refractivity contribution in [3.63, 3.8) is 0 Å². The molecule has 6 nitrogen and oxygen atoms in total. The zero-order valence-corrected chi connectivity index (χ0v) is 10.8. The average molecular weight is 274 g/mol. The van der Waals surface area contributed by atoms with Crippen molar-refractivity contribution in [1.82, 2.24) is 0 Å². The molecule has 7 heteroatoms. The molecule has 0 aliphatic heterocycles. The molecule has 1 rings (SSSR count). The standard InChI is InChI=1S/C11H16NO5P/c12-17-8-11(16-9-18(13)14)7-15-6-10-4-2-1-3-5-10/h1-5,11H,6-9,12H2/p+1. The molecule has 1 aromatic carbocycles. The van der Waals surface area contributed by atoms with Crippen molar-refractivity contribution in [3.8, 4) is 0 Å². The number of ether oxygens (including phenoxy) is 2. The van der Waals surface area contributed by atoms with Gasteiger partial charge in [-0.25, -0.2) is 5.90 Å². The van der Waals surface area contributed by atoms with Crippen LogP contribution in [0.1, 0.15) is 5.56 Å². The monoisotopic (exact) mass is 274 g/mol. The van der Waals surface area contributed by atoms with Crippen LogP contribution in [0.4, 0.5) is 0 Å². The van der Waals surface area contributed by atoms with E-state index in [1.54, 1.807) is 0 Å². The maximum absolute atomic E-state index is 10.5. The van der Waals surface area contributed by atoms with Crippen LogP contribution in [-0.4, -0.2) is 30.6 Å². The van der Waals surface area contributed by atoms with Gasteiger partial charge in [0.1, 0.15) is 6.10 Å². The molecule has 0 fully saturated rings. The normalized spacial score (nSPS) is 13.3. The van der Waals surface area contributed by atoms with Gasteiger partial charge in [0.25, 0.3) is 6.35 Å². The fourth-order valence-electron chi connectivity index (χ4n) is 1.30. The Kier molecular flexibility index (Phi) is 7.68. The molecule has 0 saturated carbocycles. The predicted molar refractivity (Wildman–Crippen MR) is 65.8 cm³/mol. The van der Waals surface area contributed by atoms with E-state index in [1.165, 1.54) is 0 Å². The molecule has 1 aromatic rings. The highest BCUT2D eigenvalue weighted by atomic mass is 31.1. The van der Waals surface area contributed by atoms with Crippen molar-refractivity contribution in [1.29, 1.82) is 0 Å². The lowest BCUT2D eigenvalue weighted by Crippen LogP contribution is -2.27. The molecule has 0 heterocycles. The fourth-order valence-corrected chi connectivity index (χ4v) is 1.64. The zero-order chi connectivity index (χ0) is 13.2. The van der Waals surface area contributed by atoms with Crippen molar-refractivity contribution in [2.75, 3.05) is 19.6 Å². The second-order valence-corrected chi connectivity index (χ2v) is 4.57. The van der Waals surface area contributed by atoms with Crippen LogP contribution in [0.15, 0.2) is 30.3 Å². The highest BCUT2D eigenvalue weighted by Crippen LogP contribution is 2.14. The maximum Gasteiger partial charge on any atom is 0.534 e. The number of nitrogens with two attached hydrogens (primary N) is 1. The summed E-state index contributed by atoms with van der Waals surface area (Å²) in [7, 11) is -2.33. The first-order valence-corrected chi connectivity index (χ1v) is 6.80. The lowest BCUT2D eigenvalue weighted by molar-refractivity contribution is -0.0521. The Hall–Kier alpha value is -0.880. The van der Waals surface area contributed by atoms with E-state index in [1.807, 2.05) is 30.3 Å². The summed E-state index contributed by atoms with van der Waals surface area (Å²) in [5, 5.41) is 0.